The summed E-state index contributed by atoms with van der Waals surface area (Å²) in [6.45, 7) is 0. The predicted molar refractivity (Wildman–Crippen MR) is 91.9 cm³/mol. The van der Waals surface area contributed by atoms with Crippen LogP contribution in [-0.4, -0.2) is 19.5 Å². The van der Waals surface area contributed by atoms with Crippen LogP contribution in [0.3, 0.4) is 0 Å². The summed E-state index contributed by atoms with van der Waals surface area (Å²) in [4.78, 5) is 12.7. The molecule has 114 valence electrons. The molecule has 0 aliphatic rings. The molecule has 0 spiro atoms. The number of alkyl halides is 3. The largest absolute Gasteiger partial charge is 0.274 e. The number of hydrogen-bond acceptors (Lipinski definition) is 4. The molecule has 0 radical (unpaired) electrons. The second-order valence-electron chi connectivity index (χ2n) is 4.33. The van der Waals surface area contributed by atoms with Gasteiger partial charge in [0, 0.05) is 5.75 Å². The lowest BCUT2D eigenvalue weighted by Gasteiger charge is -2.12. The van der Waals surface area contributed by atoms with Crippen LogP contribution >= 0.6 is 58.2 Å². The zero-order chi connectivity index (χ0) is 15.7. The summed E-state index contributed by atoms with van der Waals surface area (Å²) in [5, 5.41) is 0.728. The van der Waals surface area contributed by atoms with E-state index >= 15 is 0 Å². The maximum absolute atomic E-state index is 6.14. The molecule has 3 aromatic rings. The SMILES string of the molecule is Clc1nc(SCc2ccccc2)nc2c1ncn2C(Cl)(Cl)Cl. The van der Waals surface area contributed by atoms with Gasteiger partial charge in [0.15, 0.2) is 16.0 Å². The van der Waals surface area contributed by atoms with Crippen LogP contribution in [0.4, 0.5) is 0 Å². The van der Waals surface area contributed by atoms with Gasteiger partial charge in [-0.1, -0.05) is 88.5 Å². The number of imidazole rings is 1. The molecular formula is C13H8Cl4N4S. The molecule has 1 aromatic carbocycles. The quantitative estimate of drug-likeness (QED) is 0.270. The molecule has 0 atom stereocenters. The van der Waals surface area contributed by atoms with Gasteiger partial charge in [-0.05, 0) is 5.56 Å². The van der Waals surface area contributed by atoms with Gasteiger partial charge >= 0.3 is 0 Å². The number of thioether (sulfide) groups is 1. The highest BCUT2D eigenvalue weighted by atomic mass is 35.6. The first kappa shape index (κ1) is 16.1. The maximum Gasteiger partial charge on any atom is 0.274 e. The molecule has 0 saturated carbocycles. The normalized spacial score (nSPS) is 12.0. The van der Waals surface area contributed by atoms with E-state index in [-0.39, 0.29) is 5.15 Å². The van der Waals surface area contributed by atoms with Crippen molar-refractivity contribution in [2.45, 2.75) is 14.8 Å². The fourth-order valence-corrected chi connectivity index (χ4v) is 3.25. The van der Waals surface area contributed by atoms with Crippen molar-refractivity contribution in [1.82, 2.24) is 19.5 Å². The van der Waals surface area contributed by atoms with Gasteiger partial charge in [0.25, 0.3) is 3.92 Å². The zero-order valence-corrected chi connectivity index (χ0v) is 14.7. The molecule has 2 heterocycles. The Balaban J connectivity index is 1.94. The van der Waals surface area contributed by atoms with Crippen molar-refractivity contribution in [3.05, 3.63) is 47.4 Å². The summed E-state index contributed by atoms with van der Waals surface area (Å²) in [7, 11) is 0. The Morgan fingerprint density at radius 2 is 1.82 bits per heavy atom. The third-order valence-corrected chi connectivity index (χ3v) is 4.55. The van der Waals surface area contributed by atoms with E-state index in [2.05, 4.69) is 15.0 Å². The summed E-state index contributed by atoms with van der Waals surface area (Å²) >= 11 is 25.3. The number of halogens is 4. The Bertz CT molecular complexity index is 801. The lowest BCUT2D eigenvalue weighted by atomic mass is 10.2. The molecule has 0 amide bonds. The van der Waals surface area contributed by atoms with Gasteiger partial charge in [0.1, 0.15) is 11.8 Å². The van der Waals surface area contributed by atoms with Gasteiger partial charge in [-0.2, -0.15) is 0 Å². The molecule has 0 aliphatic carbocycles. The molecule has 0 bridgehead atoms. The standard InChI is InChI=1S/C13H8Cl4N4S/c14-10-9-11(21(7-18-9)13(15,16)17)20-12(19-10)22-6-8-4-2-1-3-5-8/h1-5,7H,6H2. The van der Waals surface area contributed by atoms with E-state index in [1.165, 1.54) is 22.7 Å². The van der Waals surface area contributed by atoms with Crippen LogP contribution in [0.2, 0.25) is 5.15 Å². The number of benzene rings is 1. The van der Waals surface area contributed by atoms with E-state index in [1.807, 2.05) is 30.3 Å². The van der Waals surface area contributed by atoms with Crippen molar-refractivity contribution in [1.29, 1.82) is 0 Å². The molecule has 0 unspecified atom stereocenters. The Morgan fingerprint density at radius 3 is 2.50 bits per heavy atom. The van der Waals surface area contributed by atoms with Crippen molar-refractivity contribution in [3.8, 4) is 0 Å². The van der Waals surface area contributed by atoms with Gasteiger partial charge in [0.05, 0.1) is 0 Å². The highest BCUT2D eigenvalue weighted by molar-refractivity contribution is 7.98. The van der Waals surface area contributed by atoms with Gasteiger partial charge in [0.2, 0.25) is 0 Å². The summed E-state index contributed by atoms with van der Waals surface area (Å²) < 4.78 is -0.360. The van der Waals surface area contributed by atoms with E-state index < -0.39 is 3.92 Å². The summed E-state index contributed by atoms with van der Waals surface area (Å²) in [5.74, 6) is 0.713. The van der Waals surface area contributed by atoms with E-state index in [0.29, 0.717) is 22.1 Å². The molecule has 0 N–H and O–H groups in total. The Kier molecular flexibility index (Phi) is 4.71. The lowest BCUT2D eigenvalue weighted by molar-refractivity contribution is 0.795. The Labute approximate surface area is 150 Å². The van der Waals surface area contributed by atoms with Gasteiger partial charge < -0.3 is 0 Å². The average molecular weight is 394 g/mol. The van der Waals surface area contributed by atoms with Crippen LogP contribution in [0.1, 0.15) is 5.56 Å². The molecule has 4 nitrogen and oxygen atoms in total. The molecule has 0 saturated heterocycles. The molecular weight excluding hydrogens is 386 g/mol. The van der Waals surface area contributed by atoms with Crippen molar-refractivity contribution in [2.24, 2.45) is 0 Å². The zero-order valence-electron chi connectivity index (χ0n) is 10.9. The van der Waals surface area contributed by atoms with Crippen LogP contribution < -0.4 is 0 Å². The number of fused-ring (bicyclic) bond motifs is 1. The third kappa shape index (κ3) is 3.44. The van der Waals surface area contributed by atoms with Crippen molar-refractivity contribution in [3.63, 3.8) is 0 Å². The molecule has 22 heavy (non-hydrogen) atoms. The van der Waals surface area contributed by atoms with Crippen LogP contribution in [0.25, 0.3) is 11.2 Å². The topological polar surface area (TPSA) is 43.6 Å². The average Bonchev–Trinajstić information content (AvgIpc) is 2.91. The van der Waals surface area contributed by atoms with Gasteiger partial charge in [-0.3, -0.25) is 4.57 Å². The molecule has 9 heteroatoms. The molecule has 0 aliphatic heterocycles. The number of rotatable bonds is 3. The molecule has 2 aromatic heterocycles. The third-order valence-electron chi connectivity index (χ3n) is 2.82. The minimum atomic E-state index is -1.69. The van der Waals surface area contributed by atoms with E-state index in [4.69, 9.17) is 46.4 Å². The van der Waals surface area contributed by atoms with E-state index in [0.717, 1.165) is 5.56 Å². The lowest BCUT2D eigenvalue weighted by Crippen LogP contribution is -2.12. The second-order valence-corrected chi connectivity index (χ2v) is 7.85. The summed E-state index contributed by atoms with van der Waals surface area (Å²) in [5.41, 5.74) is 1.94. The highest BCUT2D eigenvalue weighted by Crippen LogP contribution is 2.36. The fourth-order valence-electron chi connectivity index (χ4n) is 1.82. The fraction of sp³-hybridized carbons (Fsp3) is 0.154. The molecule has 3 rings (SSSR count). The highest BCUT2D eigenvalue weighted by Gasteiger charge is 2.26. The van der Waals surface area contributed by atoms with E-state index in [9.17, 15) is 0 Å². The first-order chi connectivity index (χ1) is 10.4. The van der Waals surface area contributed by atoms with Crippen LogP contribution in [-0.2, 0) is 9.67 Å². The monoisotopic (exact) mass is 392 g/mol. The first-order valence-corrected chi connectivity index (χ1v) is 8.59. The first-order valence-electron chi connectivity index (χ1n) is 6.09. The van der Waals surface area contributed by atoms with E-state index in [1.54, 1.807) is 0 Å². The van der Waals surface area contributed by atoms with Crippen LogP contribution in [0.15, 0.2) is 41.8 Å². The minimum Gasteiger partial charge on any atom is -0.269 e. The van der Waals surface area contributed by atoms with Crippen LogP contribution in [0, 0.1) is 0 Å². The second kappa shape index (κ2) is 6.42. The summed E-state index contributed by atoms with van der Waals surface area (Å²) in [6.07, 6.45) is 1.38. The van der Waals surface area contributed by atoms with Gasteiger partial charge in [-0.15, -0.1) is 0 Å². The molecule has 0 fully saturated rings. The van der Waals surface area contributed by atoms with Crippen LogP contribution in [0.5, 0.6) is 0 Å². The van der Waals surface area contributed by atoms with Gasteiger partial charge in [-0.25, -0.2) is 15.0 Å². The smallest absolute Gasteiger partial charge is 0.269 e. The Hall–Kier alpha value is -0.720. The minimum absolute atomic E-state index is 0.230. The predicted octanol–water partition coefficient (Wildman–Crippen LogP) is 5.06. The van der Waals surface area contributed by atoms with Crippen molar-refractivity contribution < 1.29 is 0 Å². The number of aromatic nitrogens is 4. The number of hydrogen-bond donors (Lipinski definition) is 0. The van der Waals surface area contributed by atoms with Crippen molar-refractivity contribution >= 4 is 69.3 Å². The number of nitrogens with zero attached hydrogens (tertiary/aromatic N) is 4. The van der Waals surface area contributed by atoms with Crippen molar-refractivity contribution in [2.75, 3.05) is 0 Å². The maximum atomic E-state index is 6.14. The Morgan fingerprint density at radius 1 is 1.09 bits per heavy atom. The summed E-state index contributed by atoms with van der Waals surface area (Å²) in [6, 6.07) is 9.97.